The molecule has 0 spiro atoms. The highest BCUT2D eigenvalue weighted by molar-refractivity contribution is 5.93. The Balaban J connectivity index is 1.64. The third kappa shape index (κ3) is 3.18. The van der Waals surface area contributed by atoms with Crippen LogP contribution in [0, 0.1) is 18.4 Å². The molecular weight excluding hydrogens is 352 g/mol. The minimum Gasteiger partial charge on any atom is -0.333 e. The fourth-order valence-corrected chi connectivity index (χ4v) is 3.85. The van der Waals surface area contributed by atoms with Gasteiger partial charge in [0, 0.05) is 37.7 Å². The first-order chi connectivity index (χ1) is 13.6. The lowest BCUT2D eigenvalue weighted by atomic mass is 10.1. The summed E-state index contributed by atoms with van der Waals surface area (Å²) in [4.78, 5) is 25.4. The van der Waals surface area contributed by atoms with Crippen LogP contribution in [0.15, 0.2) is 42.9 Å². The minimum absolute atomic E-state index is 0.0488. The van der Waals surface area contributed by atoms with Gasteiger partial charge in [0.1, 0.15) is 11.3 Å². The fourth-order valence-electron chi connectivity index (χ4n) is 3.85. The van der Waals surface area contributed by atoms with E-state index in [9.17, 15) is 4.79 Å². The summed E-state index contributed by atoms with van der Waals surface area (Å²) in [5, 5.41) is 9.09. The van der Waals surface area contributed by atoms with Crippen LogP contribution in [-0.2, 0) is 0 Å². The van der Waals surface area contributed by atoms with E-state index >= 15 is 0 Å². The molecule has 0 aromatic carbocycles. The van der Waals surface area contributed by atoms with E-state index in [1.165, 1.54) is 0 Å². The Morgan fingerprint density at radius 2 is 2.14 bits per heavy atom. The van der Waals surface area contributed by atoms with E-state index in [-0.39, 0.29) is 11.9 Å². The number of hydrogen-bond acceptors (Lipinski definition) is 5. The van der Waals surface area contributed by atoms with Crippen molar-refractivity contribution in [1.82, 2.24) is 24.2 Å². The molecule has 1 amide bonds. The second kappa shape index (κ2) is 7.31. The number of aromatic nitrogens is 3. The zero-order valence-corrected chi connectivity index (χ0v) is 16.0. The number of carbonyl (C=O) groups is 1. The zero-order valence-electron chi connectivity index (χ0n) is 16.0. The summed E-state index contributed by atoms with van der Waals surface area (Å²) in [7, 11) is 0. The number of pyridine rings is 2. The van der Waals surface area contributed by atoms with Gasteiger partial charge in [0.15, 0.2) is 6.19 Å². The maximum absolute atomic E-state index is 13.2. The summed E-state index contributed by atoms with van der Waals surface area (Å²) in [6.07, 6.45) is 8.31. The third-order valence-electron chi connectivity index (χ3n) is 5.31. The van der Waals surface area contributed by atoms with Crippen LogP contribution in [-0.4, -0.2) is 55.8 Å². The number of likely N-dealkylation sites (N-methyl/N-ethyl adjacent to an activating group) is 1. The van der Waals surface area contributed by atoms with Gasteiger partial charge in [0.2, 0.25) is 0 Å². The monoisotopic (exact) mass is 374 g/mol. The second-order valence-corrected chi connectivity index (χ2v) is 7.05. The van der Waals surface area contributed by atoms with Gasteiger partial charge >= 0.3 is 0 Å². The van der Waals surface area contributed by atoms with E-state index in [4.69, 9.17) is 5.26 Å². The lowest BCUT2D eigenvalue weighted by Gasteiger charge is -2.27. The van der Waals surface area contributed by atoms with Crippen molar-refractivity contribution in [3.63, 3.8) is 0 Å². The number of carbonyl (C=O) groups excluding carboxylic acids is 1. The van der Waals surface area contributed by atoms with E-state index in [2.05, 4.69) is 16.2 Å². The number of imidazole rings is 1. The van der Waals surface area contributed by atoms with Gasteiger partial charge < -0.3 is 9.80 Å². The van der Waals surface area contributed by atoms with Gasteiger partial charge in [-0.1, -0.05) is 0 Å². The van der Waals surface area contributed by atoms with Gasteiger partial charge in [-0.15, -0.1) is 0 Å². The molecule has 4 heterocycles. The largest absolute Gasteiger partial charge is 0.333 e. The number of likely N-dealkylation sites (tertiary alicyclic amines) is 1. The number of hydrogen-bond donors (Lipinski definition) is 0. The van der Waals surface area contributed by atoms with E-state index < -0.39 is 0 Å². The number of amides is 1. The maximum Gasteiger partial charge on any atom is 0.272 e. The molecule has 4 rings (SSSR count). The molecule has 0 radical (unpaired) electrons. The second-order valence-electron chi connectivity index (χ2n) is 7.05. The highest BCUT2D eigenvalue weighted by atomic mass is 16.2. The Bertz CT molecular complexity index is 1070. The molecule has 0 saturated carbocycles. The average Bonchev–Trinajstić information content (AvgIpc) is 3.35. The van der Waals surface area contributed by atoms with Crippen molar-refractivity contribution in [3.05, 3.63) is 54.2 Å². The Hall–Kier alpha value is -3.40. The molecule has 3 aromatic heterocycles. The Labute approximate surface area is 163 Å². The van der Waals surface area contributed by atoms with Crippen LogP contribution in [0.2, 0.25) is 0 Å². The summed E-state index contributed by atoms with van der Waals surface area (Å²) < 4.78 is 1.83. The molecule has 1 aliphatic rings. The number of fused-ring (bicyclic) bond motifs is 1. The highest BCUT2D eigenvalue weighted by Gasteiger charge is 2.31. The van der Waals surface area contributed by atoms with Crippen molar-refractivity contribution in [2.24, 2.45) is 0 Å². The lowest BCUT2D eigenvalue weighted by Crippen LogP contribution is -2.42. The van der Waals surface area contributed by atoms with Gasteiger partial charge in [0.25, 0.3) is 5.91 Å². The molecule has 1 saturated heterocycles. The van der Waals surface area contributed by atoms with Crippen molar-refractivity contribution in [1.29, 1.82) is 5.26 Å². The van der Waals surface area contributed by atoms with Gasteiger partial charge in [-0.05, 0) is 55.7 Å². The average molecular weight is 374 g/mol. The van der Waals surface area contributed by atoms with Crippen molar-refractivity contribution in [3.8, 4) is 17.3 Å². The zero-order chi connectivity index (χ0) is 19.7. The number of rotatable bonds is 4. The van der Waals surface area contributed by atoms with Crippen LogP contribution in [0.4, 0.5) is 0 Å². The van der Waals surface area contributed by atoms with Crippen LogP contribution in [0.5, 0.6) is 0 Å². The topological polar surface area (TPSA) is 77.5 Å². The standard InChI is InChI=1S/C21H22N6O/c1-3-26(18-6-8-25(13-18)14-22)21(28)19-12-24-20-11-17(5-9-27(19)20)16-4-7-23-15(2)10-16/h4-5,7,9-12,18H,3,6,8,13H2,1-2H3. The normalized spacial score (nSPS) is 16.3. The van der Waals surface area contributed by atoms with Crippen molar-refractivity contribution >= 4 is 11.6 Å². The summed E-state index contributed by atoms with van der Waals surface area (Å²) in [6.45, 7) is 5.83. The summed E-state index contributed by atoms with van der Waals surface area (Å²) in [5.41, 5.74) is 4.35. The molecule has 1 atom stereocenters. The van der Waals surface area contributed by atoms with Crippen molar-refractivity contribution in [2.75, 3.05) is 19.6 Å². The predicted molar refractivity (Wildman–Crippen MR) is 105 cm³/mol. The van der Waals surface area contributed by atoms with Crippen LogP contribution in [0.25, 0.3) is 16.8 Å². The molecule has 0 N–H and O–H groups in total. The summed E-state index contributed by atoms with van der Waals surface area (Å²) >= 11 is 0. The number of nitriles is 1. The fraction of sp³-hybridized carbons (Fsp3) is 0.333. The summed E-state index contributed by atoms with van der Waals surface area (Å²) in [6, 6.07) is 8.02. The maximum atomic E-state index is 13.2. The van der Waals surface area contributed by atoms with Crippen LogP contribution in [0.1, 0.15) is 29.5 Å². The van der Waals surface area contributed by atoms with E-state index in [1.807, 2.05) is 53.6 Å². The van der Waals surface area contributed by atoms with Crippen molar-refractivity contribution in [2.45, 2.75) is 26.3 Å². The van der Waals surface area contributed by atoms with E-state index in [0.717, 1.165) is 28.9 Å². The van der Waals surface area contributed by atoms with Gasteiger partial charge in [-0.2, -0.15) is 5.26 Å². The molecule has 0 aliphatic carbocycles. The molecule has 142 valence electrons. The Morgan fingerprint density at radius 3 is 2.86 bits per heavy atom. The molecule has 0 bridgehead atoms. The molecule has 1 fully saturated rings. The first kappa shape index (κ1) is 18.0. The number of aryl methyl sites for hydroxylation is 1. The SMILES string of the molecule is CCN(C(=O)c1cnc2cc(-c3ccnc(C)c3)ccn12)C1CCN(C#N)C1. The first-order valence-corrected chi connectivity index (χ1v) is 9.46. The van der Waals surface area contributed by atoms with Crippen LogP contribution >= 0.6 is 0 Å². The first-order valence-electron chi connectivity index (χ1n) is 9.46. The van der Waals surface area contributed by atoms with Gasteiger partial charge in [-0.3, -0.25) is 14.2 Å². The van der Waals surface area contributed by atoms with Crippen LogP contribution in [0.3, 0.4) is 0 Å². The molecular formula is C21H22N6O. The van der Waals surface area contributed by atoms with E-state index in [0.29, 0.717) is 25.3 Å². The van der Waals surface area contributed by atoms with Crippen molar-refractivity contribution < 1.29 is 4.79 Å². The molecule has 28 heavy (non-hydrogen) atoms. The minimum atomic E-state index is -0.0488. The molecule has 1 unspecified atom stereocenters. The third-order valence-corrected chi connectivity index (χ3v) is 5.31. The number of nitrogens with zero attached hydrogens (tertiary/aromatic N) is 6. The Kier molecular flexibility index (Phi) is 4.70. The molecule has 7 nitrogen and oxygen atoms in total. The summed E-state index contributed by atoms with van der Waals surface area (Å²) in [5.74, 6) is -0.0488. The predicted octanol–water partition coefficient (Wildman–Crippen LogP) is 2.72. The highest BCUT2D eigenvalue weighted by Crippen LogP contribution is 2.23. The van der Waals surface area contributed by atoms with Gasteiger partial charge in [0.05, 0.1) is 12.2 Å². The lowest BCUT2D eigenvalue weighted by molar-refractivity contribution is 0.0691. The van der Waals surface area contributed by atoms with Gasteiger partial charge in [-0.25, -0.2) is 4.98 Å². The molecule has 3 aromatic rings. The Morgan fingerprint density at radius 1 is 1.32 bits per heavy atom. The smallest absolute Gasteiger partial charge is 0.272 e. The quantitative estimate of drug-likeness (QED) is 0.656. The molecule has 1 aliphatic heterocycles. The molecule has 7 heteroatoms. The van der Waals surface area contributed by atoms with E-state index in [1.54, 1.807) is 17.3 Å². The van der Waals surface area contributed by atoms with Crippen LogP contribution < -0.4 is 0 Å².